The maximum atomic E-state index is 9.11. The molecule has 3 aromatic rings. The van der Waals surface area contributed by atoms with Crippen molar-refractivity contribution in [3.63, 3.8) is 0 Å². The highest BCUT2D eigenvalue weighted by Crippen LogP contribution is 2.24. The molecule has 0 fully saturated rings. The molecule has 0 spiro atoms. The lowest BCUT2D eigenvalue weighted by atomic mass is 10.1. The Balaban J connectivity index is 1.91. The van der Waals surface area contributed by atoms with Crippen molar-refractivity contribution in [2.24, 2.45) is 0 Å². The number of aromatic amines is 2. The lowest BCUT2D eigenvalue weighted by molar-refractivity contribution is 0.881. The predicted octanol–water partition coefficient (Wildman–Crippen LogP) is 0.356. The monoisotopic (exact) mass is 280 g/mol. The first-order valence-electron chi connectivity index (χ1n) is 5.82. The van der Waals surface area contributed by atoms with Gasteiger partial charge in [-0.2, -0.15) is 15.7 Å². The molecule has 0 saturated heterocycles. The third kappa shape index (κ3) is 2.56. The summed E-state index contributed by atoms with van der Waals surface area (Å²) in [7, 11) is 0. The molecule has 3 N–H and O–H groups in total. The van der Waals surface area contributed by atoms with Crippen LogP contribution >= 0.6 is 0 Å². The third-order valence-electron chi connectivity index (χ3n) is 2.59. The third-order valence-corrected chi connectivity index (χ3v) is 2.59. The first kappa shape index (κ1) is 12.4. The van der Waals surface area contributed by atoms with Gasteiger partial charge >= 0.3 is 0 Å². The first-order valence-corrected chi connectivity index (χ1v) is 5.82. The zero-order chi connectivity index (χ0) is 14.5. The average molecular weight is 280 g/mol. The van der Waals surface area contributed by atoms with Gasteiger partial charge in [-0.25, -0.2) is 0 Å². The number of allylic oxidation sites excluding steroid dienone is 1. The Morgan fingerprint density at radius 1 is 1.14 bits per heavy atom. The number of tetrazole rings is 2. The van der Waals surface area contributed by atoms with Gasteiger partial charge in [-0.3, -0.25) is 0 Å². The summed E-state index contributed by atoms with van der Waals surface area (Å²) < 4.78 is 0. The minimum Gasteiger partial charge on any atom is -0.360 e. The standard InChI is InChI=1S/C11H8N10/c12-5-7(10-14-18-19-15-10)6-13-9-4-2-1-3-8(9)11-16-20-21-17-11/h1-4,6,13H,(H,14,15,18,19)(H,16,17,20,21). The molecule has 3 rings (SSSR count). The fourth-order valence-corrected chi connectivity index (χ4v) is 1.65. The SMILES string of the molecule is N#CC(=CNc1ccccc1-c1nn[nH]n1)c1nn[nH]n1. The van der Waals surface area contributed by atoms with E-state index in [2.05, 4.69) is 46.6 Å². The van der Waals surface area contributed by atoms with Gasteiger partial charge in [0, 0.05) is 17.5 Å². The van der Waals surface area contributed by atoms with Gasteiger partial charge in [-0.05, 0) is 22.6 Å². The molecule has 0 aliphatic rings. The first-order chi connectivity index (χ1) is 10.4. The van der Waals surface area contributed by atoms with Gasteiger partial charge in [0.1, 0.15) is 11.6 Å². The van der Waals surface area contributed by atoms with Gasteiger partial charge in [0.05, 0.1) is 0 Å². The van der Waals surface area contributed by atoms with Crippen molar-refractivity contribution < 1.29 is 0 Å². The number of nitriles is 1. The Bertz CT molecular complexity index is 781. The summed E-state index contributed by atoms with van der Waals surface area (Å²) in [5.41, 5.74) is 1.70. The summed E-state index contributed by atoms with van der Waals surface area (Å²) in [5, 5.41) is 39.1. The fraction of sp³-hybridized carbons (Fsp3) is 0. The number of anilines is 1. The van der Waals surface area contributed by atoms with E-state index in [1.807, 2.05) is 30.3 Å². The predicted molar refractivity (Wildman–Crippen MR) is 71.0 cm³/mol. The fourth-order valence-electron chi connectivity index (χ4n) is 1.65. The molecule has 21 heavy (non-hydrogen) atoms. The maximum Gasteiger partial charge on any atom is 0.216 e. The van der Waals surface area contributed by atoms with Crippen LogP contribution in [-0.2, 0) is 0 Å². The Labute approximate surface area is 117 Å². The molecule has 0 amide bonds. The molecule has 0 aliphatic heterocycles. The van der Waals surface area contributed by atoms with Gasteiger partial charge in [0.15, 0.2) is 0 Å². The second-order valence-electron chi connectivity index (χ2n) is 3.83. The van der Waals surface area contributed by atoms with E-state index < -0.39 is 0 Å². The van der Waals surface area contributed by atoms with Gasteiger partial charge in [-0.1, -0.05) is 12.1 Å². The highest BCUT2D eigenvalue weighted by molar-refractivity contribution is 5.78. The minimum absolute atomic E-state index is 0.210. The summed E-state index contributed by atoms with van der Waals surface area (Å²) in [6, 6.07) is 9.35. The normalized spacial score (nSPS) is 11.1. The summed E-state index contributed by atoms with van der Waals surface area (Å²) in [4.78, 5) is 0. The summed E-state index contributed by atoms with van der Waals surface area (Å²) in [6.07, 6.45) is 1.49. The molecule has 10 heteroatoms. The number of para-hydroxylation sites is 1. The van der Waals surface area contributed by atoms with E-state index in [0.717, 1.165) is 11.3 Å². The van der Waals surface area contributed by atoms with E-state index in [1.165, 1.54) is 6.20 Å². The Kier molecular flexibility index (Phi) is 3.30. The van der Waals surface area contributed by atoms with Gasteiger partial charge in [0.25, 0.3) is 0 Å². The lowest BCUT2D eigenvalue weighted by Crippen LogP contribution is -1.95. The van der Waals surface area contributed by atoms with Crippen LogP contribution < -0.4 is 5.32 Å². The second kappa shape index (κ2) is 5.57. The number of nitrogens with one attached hydrogen (secondary N) is 3. The Morgan fingerprint density at radius 2 is 1.95 bits per heavy atom. The molecular weight excluding hydrogens is 272 g/mol. The van der Waals surface area contributed by atoms with Crippen molar-refractivity contribution in [1.29, 1.82) is 5.26 Å². The van der Waals surface area contributed by atoms with Crippen LogP contribution in [0.4, 0.5) is 5.69 Å². The summed E-state index contributed by atoms with van der Waals surface area (Å²) in [6.45, 7) is 0. The van der Waals surface area contributed by atoms with Crippen LogP contribution in [0.5, 0.6) is 0 Å². The topological polar surface area (TPSA) is 145 Å². The number of H-pyrrole nitrogens is 2. The molecule has 0 radical (unpaired) electrons. The van der Waals surface area contributed by atoms with Crippen molar-refractivity contribution in [3.05, 3.63) is 36.3 Å². The number of hydrogen-bond acceptors (Lipinski definition) is 8. The molecule has 2 aromatic heterocycles. The molecule has 0 unspecified atom stereocenters. The van der Waals surface area contributed by atoms with E-state index in [-0.39, 0.29) is 11.4 Å². The molecule has 0 saturated carbocycles. The Hall–Kier alpha value is -3.61. The van der Waals surface area contributed by atoms with Crippen LogP contribution in [-0.4, -0.2) is 41.2 Å². The number of hydrogen-bond donors (Lipinski definition) is 3. The number of nitrogens with zero attached hydrogens (tertiary/aromatic N) is 7. The highest BCUT2D eigenvalue weighted by Gasteiger charge is 2.09. The molecule has 102 valence electrons. The Morgan fingerprint density at radius 3 is 2.67 bits per heavy atom. The smallest absolute Gasteiger partial charge is 0.216 e. The van der Waals surface area contributed by atoms with E-state index in [9.17, 15) is 0 Å². The molecule has 0 aliphatic carbocycles. The molecule has 1 aromatic carbocycles. The molecule has 10 nitrogen and oxygen atoms in total. The van der Waals surface area contributed by atoms with Crippen LogP contribution in [0.25, 0.3) is 17.0 Å². The van der Waals surface area contributed by atoms with E-state index >= 15 is 0 Å². The second-order valence-corrected chi connectivity index (χ2v) is 3.83. The van der Waals surface area contributed by atoms with E-state index in [4.69, 9.17) is 5.26 Å². The zero-order valence-electron chi connectivity index (χ0n) is 10.5. The van der Waals surface area contributed by atoms with Crippen LogP contribution in [0.2, 0.25) is 0 Å². The summed E-state index contributed by atoms with van der Waals surface area (Å²) >= 11 is 0. The van der Waals surface area contributed by atoms with E-state index in [1.54, 1.807) is 0 Å². The number of benzene rings is 1. The maximum absolute atomic E-state index is 9.11. The molecular formula is C11H8N10. The average Bonchev–Trinajstić information content (AvgIpc) is 3.22. The molecule has 0 bridgehead atoms. The van der Waals surface area contributed by atoms with Gasteiger partial charge in [-0.15, -0.1) is 20.4 Å². The van der Waals surface area contributed by atoms with Crippen LogP contribution in [0.15, 0.2) is 30.5 Å². The largest absolute Gasteiger partial charge is 0.360 e. The van der Waals surface area contributed by atoms with Crippen molar-refractivity contribution in [1.82, 2.24) is 41.2 Å². The quantitative estimate of drug-likeness (QED) is 0.580. The van der Waals surface area contributed by atoms with Crippen LogP contribution in [0.1, 0.15) is 5.82 Å². The van der Waals surface area contributed by atoms with Gasteiger partial charge in [0.2, 0.25) is 11.6 Å². The van der Waals surface area contributed by atoms with Crippen molar-refractivity contribution >= 4 is 11.3 Å². The van der Waals surface area contributed by atoms with Crippen LogP contribution in [0.3, 0.4) is 0 Å². The minimum atomic E-state index is 0.210. The number of aromatic nitrogens is 8. The van der Waals surface area contributed by atoms with Crippen molar-refractivity contribution in [3.8, 4) is 17.5 Å². The highest BCUT2D eigenvalue weighted by atomic mass is 15.5. The van der Waals surface area contributed by atoms with E-state index in [0.29, 0.717) is 5.82 Å². The van der Waals surface area contributed by atoms with Crippen LogP contribution in [0, 0.1) is 11.3 Å². The van der Waals surface area contributed by atoms with Crippen molar-refractivity contribution in [2.75, 3.05) is 5.32 Å². The molecule has 0 atom stereocenters. The summed E-state index contributed by atoms with van der Waals surface area (Å²) in [5.74, 6) is 0.659. The number of rotatable bonds is 4. The van der Waals surface area contributed by atoms with Crippen molar-refractivity contribution in [2.45, 2.75) is 0 Å². The van der Waals surface area contributed by atoms with Gasteiger partial charge < -0.3 is 5.32 Å². The lowest BCUT2D eigenvalue weighted by Gasteiger charge is -2.05. The molecule has 2 heterocycles. The zero-order valence-corrected chi connectivity index (χ0v) is 10.5.